The van der Waals surface area contributed by atoms with Gasteiger partial charge in [0.2, 0.25) is 11.8 Å². The Labute approximate surface area is 135 Å². The Kier molecular flexibility index (Phi) is 6.62. The molecule has 1 fully saturated rings. The highest BCUT2D eigenvalue weighted by atomic mass is 35.5. The Balaban J connectivity index is 2.57. The molecule has 1 N–H and O–H groups in total. The summed E-state index contributed by atoms with van der Waals surface area (Å²) in [5.74, 6) is -2.13. The van der Waals surface area contributed by atoms with Gasteiger partial charge in [-0.1, -0.05) is 13.8 Å². The highest BCUT2D eigenvalue weighted by molar-refractivity contribution is 6.31. The van der Waals surface area contributed by atoms with E-state index >= 15 is 0 Å². The minimum absolute atomic E-state index is 0.115. The van der Waals surface area contributed by atoms with Crippen molar-refractivity contribution >= 4 is 29.4 Å². The van der Waals surface area contributed by atoms with Crippen LogP contribution in [0.1, 0.15) is 13.8 Å². The molecule has 0 bridgehead atoms. The highest BCUT2D eigenvalue weighted by Crippen LogP contribution is 2.22. The van der Waals surface area contributed by atoms with Gasteiger partial charge in [-0.2, -0.15) is 0 Å². The molecule has 1 heterocycles. The lowest BCUT2D eigenvalue weighted by molar-refractivity contribution is -0.157. The molecule has 1 rings (SSSR count). The van der Waals surface area contributed by atoms with Gasteiger partial charge >= 0.3 is 5.97 Å². The average Bonchev–Trinajstić information content (AvgIpc) is 2.35. The van der Waals surface area contributed by atoms with Crippen molar-refractivity contribution < 1.29 is 24.2 Å². The van der Waals surface area contributed by atoms with E-state index < -0.39 is 17.4 Å². The van der Waals surface area contributed by atoms with E-state index in [1.54, 1.807) is 13.8 Å². The number of hydrogen-bond acceptors (Lipinski definition) is 4. The topological polar surface area (TPSA) is 87.2 Å². The molecule has 7 nitrogen and oxygen atoms in total. The molecule has 126 valence electrons. The van der Waals surface area contributed by atoms with E-state index in [0.717, 1.165) is 0 Å². The Morgan fingerprint density at radius 3 is 2.32 bits per heavy atom. The average molecular weight is 335 g/mol. The molecular weight excluding hydrogens is 312 g/mol. The second kappa shape index (κ2) is 7.78. The zero-order valence-corrected chi connectivity index (χ0v) is 14.0. The molecule has 2 atom stereocenters. The third kappa shape index (κ3) is 4.10. The van der Waals surface area contributed by atoms with Crippen LogP contribution in [-0.2, 0) is 19.1 Å². The van der Waals surface area contributed by atoms with Crippen molar-refractivity contribution in [2.24, 2.45) is 11.8 Å². The quantitative estimate of drug-likeness (QED) is 0.675. The second-order valence-electron chi connectivity index (χ2n) is 5.84. The first-order valence-corrected chi connectivity index (χ1v) is 7.55. The molecule has 0 saturated carbocycles. The molecule has 0 spiro atoms. The van der Waals surface area contributed by atoms with E-state index in [1.807, 2.05) is 0 Å². The number of hydrogen-bond donors (Lipinski definition) is 1. The van der Waals surface area contributed by atoms with E-state index in [0.29, 0.717) is 0 Å². The summed E-state index contributed by atoms with van der Waals surface area (Å²) in [5.41, 5.74) is 0. The maximum atomic E-state index is 12.3. The number of likely N-dealkylation sites (tertiary alicyclic amines) is 1. The van der Waals surface area contributed by atoms with Crippen LogP contribution in [0.25, 0.3) is 0 Å². The first-order valence-electron chi connectivity index (χ1n) is 7.12. The lowest BCUT2D eigenvalue weighted by atomic mass is 9.95. The monoisotopic (exact) mass is 334 g/mol. The summed E-state index contributed by atoms with van der Waals surface area (Å²) in [6, 6.07) is -0.869. The number of carbonyl (C=O) groups is 3. The van der Waals surface area contributed by atoms with Crippen LogP contribution in [0, 0.1) is 11.8 Å². The van der Waals surface area contributed by atoms with Gasteiger partial charge < -0.3 is 19.6 Å². The predicted octanol–water partition coefficient (Wildman–Crippen LogP) is 0.266. The molecule has 1 saturated heterocycles. The van der Waals surface area contributed by atoms with Crippen molar-refractivity contribution in [3.63, 3.8) is 0 Å². The molecule has 8 heteroatoms. The van der Waals surface area contributed by atoms with Gasteiger partial charge in [-0.05, 0) is 5.92 Å². The standard InChI is InChI=1S/C14H23ClN2O5/c1-8(2)11(14(20)21)16(3)12(18)9-5-17(6-9)13(19)10(15)7-22-4/h8-11H,5-7H2,1-4H3,(H,20,21)/t10?,11-/m0/s1. The number of carboxylic acids is 1. The summed E-state index contributed by atoms with van der Waals surface area (Å²) in [7, 11) is 2.94. The minimum Gasteiger partial charge on any atom is -0.480 e. The van der Waals surface area contributed by atoms with Crippen molar-refractivity contribution in [2.75, 3.05) is 33.9 Å². The summed E-state index contributed by atoms with van der Waals surface area (Å²) in [4.78, 5) is 38.2. The third-order valence-corrected chi connectivity index (χ3v) is 4.09. The molecule has 1 aliphatic rings. The van der Waals surface area contributed by atoms with Crippen molar-refractivity contribution in [3.05, 3.63) is 0 Å². The Bertz CT molecular complexity index is 437. The van der Waals surface area contributed by atoms with Crippen LogP contribution in [0.3, 0.4) is 0 Å². The van der Waals surface area contributed by atoms with Gasteiger partial charge in [-0.15, -0.1) is 11.6 Å². The first-order chi connectivity index (χ1) is 10.2. The van der Waals surface area contributed by atoms with Gasteiger partial charge in [0.1, 0.15) is 11.4 Å². The third-order valence-electron chi connectivity index (χ3n) is 3.77. The van der Waals surface area contributed by atoms with E-state index in [9.17, 15) is 19.5 Å². The van der Waals surface area contributed by atoms with Gasteiger partial charge in [0, 0.05) is 27.2 Å². The number of carbonyl (C=O) groups excluding carboxylic acids is 2. The minimum atomic E-state index is -1.03. The first kappa shape index (κ1) is 18.7. The largest absolute Gasteiger partial charge is 0.480 e. The van der Waals surface area contributed by atoms with Crippen LogP contribution in [0.15, 0.2) is 0 Å². The Hall–Kier alpha value is -1.34. The van der Waals surface area contributed by atoms with Crippen LogP contribution in [0.2, 0.25) is 0 Å². The number of nitrogens with zero attached hydrogens (tertiary/aromatic N) is 2. The van der Waals surface area contributed by atoms with E-state index in [1.165, 1.54) is 24.0 Å². The van der Waals surface area contributed by atoms with Crippen molar-refractivity contribution in [1.82, 2.24) is 9.80 Å². The molecular formula is C14H23ClN2O5. The second-order valence-corrected chi connectivity index (χ2v) is 6.37. The van der Waals surface area contributed by atoms with Crippen molar-refractivity contribution in [1.29, 1.82) is 0 Å². The molecule has 1 unspecified atom stereocenters. The van der Waals surface area contributed by atoms with Crippen molar-refractivity contribution in [3.8, 4) is 0 Å². The zero-order valence-electron chi connectivity index (χ0n) is 13.3. The fraction of sp³-hybridized carbons (Fsp3) is 0.786. The van der Waals surface area contributed by atoms with Gasteiger partial charge in [-0.3, -0.25) is 9.59 Å². The lowest BCUT2D eigenvalue weighted by Gasteiger charge is -2.42. The normalized spacial score (nSPS) is 17.8. The number of likely N-dealkylation sites (N-methyl/N-ethyl adjacent to an activating group) is 1. The Morgan fingerprint density at radius 2 is 1.91 bits per heavy atom. The van der Waals surface area contributed by atoms with Crippen LogP contribution in [0.5, 0.6) is 0 Å². The molecule has 2 amide bonds. The molecule has 0 aliphatic carbocycles. The number of amides is 2. The molecule has 0 aromatic carbocycles. The zero-order chi connectivity index (χ0) is 17.0. The number of carboxylic acid groups (broad SMARTS) is 1. The van der Waals surface area contributed by atoms with Gasteiger partial charge in [0.05, 0.1) is 12.5 Å². The molecule has 0 aromatic rings. The van der Waals surface area contributed by atoms with Crippen LogP contribution >= 0.6 is 11.6 Å². The van der Waals surface area contributed by atoms with E-state index in [2.05, 4.69) is 0 Å². The SMILES string of the molecule is COCC(Cl)C(=O)N1CC(C(=O)N(C)[C@H](C(=O)O)C(C)C)C1. The highest BCUT2D eigenvalue weighted by Gasteiger charge is 2.41. The lowest BCUT2D eigenvalue weighted by Crippen LogP contribution is -2.60. The molecule has 0 aromatic heterocycles. The number of ether oxygens (including phenoxy) is 1. The summed E-state index contributed by atoms with van der Waals surface area (Å²) < 4.78 is 4.82. The summed E-state index contributed by atoms with van der Waals surface area (Å²) >= 11 is 5.87. The Morgan fingerprint density at radius 1 is 1.36 bits per heavy atom. The number of alkyl halides is 1. The molecule has 22 heavy (non-hydrogen) atoms. The summed E-state index contributed by atoms with van der Waals surface area (Å²) in [6.07, 6.45) is 0. The summed E-state index contributed by atoms with van der Waals surface area (Å²) in [5, 5.41) is 8.45. The maximum Gasteiger partial charge on any atom is 0.326 e. The number of rotatable bonds is 7. The van der Waals surface area contributed by atoms with Gasteiger partial charge in [-0.25, -0.2) is 4.79 Å². The molecule has 0 radical (unpaired) electrons. The van der Waals surface area contributed by atoms with Crippen LogP contribution in [-0.4, -0.2) is 78.0 Å². The number of methoxy groups -OCH3 is 1. The predicted molar refractivity (Wildman–Crippen MR) is 80.6 cm³/mol. The fourth-order valence-electron chi connectivity index (χ4n) is 2.55. The maximum absolute atomic E-state index is 12.3. The number of aliphatic carboxylic acids is 1. The van der Waals surface area contributed by atoms with Gasteiger partial charge in [0.15, 0.2) is 0 Å². The van der Waals surface area contributed by atoms with Crippen molar-refractivity contribution in [2.45, 2.75) is 25.3 Å². The summed E-state index contributed by atoms with van der Waals surface area (Å²) in [6.45, 7) is 4.15. The van der Waals surface area contributed by atoms with E-state index in [-0.39, 0.29) is 43.3 Å². The van der Waals surface area contributed by atoms with Crippen LogP contribution in [0.4, 0.5) is 0 Å². The fourth-order valence-corrected chi connectivity index (χ4v) is 2.82. The molecule has 1 aliphatic heterocycles. The van der Waals surface area contributed by atoms with Gasteiger partial charge in [0.25, 0.3) is 0 Å². The number of halogens is 1. The van der Waals surface area contributed by atoms with E-state index in [4.69, 9.17) is 16.3 Å². The van der Waals surface area contributed by atoms with Crippen LogP contribution < -0.4 is 0 Å². The smallest absolute Gasteiger partial charge is 0.326 e.